The van der Waals surface area contributed by atoms with E-state index in [0.29, 0.717) is 0 Å². The Labute approximate surface area is 321 Å². The minimum absolute atomic E-state index is 0.468. The van der Waals surface area contributed by atoms with E-state index in [0.717, 1.165) is 0 Å². The molecule has 1 heterocycles. The molecule has 0 radical (unpaired) electrons. The third kappa shape index (κ3) is 3.70. The molecule has 226 valence electrons. The lowest BCUT2D eigenvalue weighted by molar-refractivity contribution is 0.673. The van der Waals surface area contributed by atoms with Crippen molar-refractivity contribution >= 4 is 86.6 Å². The minimum atomic E-state index is -1.03. The fourth-order valence-corrected chi connectivity index (χ4v) is 6.59. The molecular weight excluding hydrogens is 593 g/mol. The van der Waals surface area contributed by atoms with Crippen molar-refractivity contribution < 1.29 is 42.8 Å². The van der Waals surface area contributed by atoms with E-state index in [1.54, 1.807) is 0 Å². The van der Waals surface area contributed by atoms with Gasteiger partial charge in [0.15, 0.2) is 0 Å². The van der Waals surface area contributed by atoms with Crippen molar-refractivity contribution in [2.24, 2.45) is 0 Å². The number of furan rings is 1. The SMILES string of the molecule is [2H]c1c([2H])c(-c2c3c([2H])c([2H])c([2H])c([2H])c3c(-c3c([2H])c4c([2H])c([2H])c5c([2H])c([2H])c([2H])c([2H])c5c4c4c([2H])c([2H])c([2H])c([2H])c34)c3c([2H])c([2H])c([2H])c([2H])c23)c2c(oc3c4c([2H])c([2H])c([2H])c([2H])c4c([2H])c([2H])c32)c1[2H]. The maximum Gasteiger partial charge on any atom is 0.143 e. The van der Waals surface area contributed by atoms with Crippen LogP contribution in [-0.4, -0.2) is 0 Å². The molecule has 0 unspecified atom stereocenters. The highest BCUT2D eigenvalue weighted by molar-refractivity contribution is 6.30. The van der Waals surface area contributed by atoms with Gasteiger partial charge in [0.1, 0.15) is 11.2 Å². The summed E-state index contributed by atoms with van der Waals surface area (Å²) in [5.41, 5.74) is -4.15. The first-order chi connectivity index (χ1) is 36.0. The van der Waals surface area contributed by atoms with Crippen LogP contribution in [0.15, 0.2) is 174 Å². The molecular formula is C48H28O. The van der Waals surface area contributed by atoms with Crippen molar-refractivity contribution in [1.82, 2.24) is 0 Å². The standard InChI is InChI=1S/C48H28O/c1-3-14-32-29(12-1)24-25-31-28-42(34-16-5-6-17-35(34)44(31)32)46-38-20-9-7-18-36(38)45(37-19-8-10-21-39(37)46)40-22-11-23-43-47(40)41-27-26-30-13-2-4-15-33(30)48(41)49-43/h1-28H/i1D,2D,3D,4D,5D,6D,7D,8D,9D,10D,11D,12D,13D,14D,15D,16D,17D,18D,19D,20D,21D,22D,23D,24D,25D,26D,27D,28D. The van der Waals surface area contributed by atoms with Gasteiger partial charge >= 0.3 is 0 Å². The largest absolute Gasteiger partial charge is 0.455 e. The van der Waals surface area contributed by atoms with Gasteiger partial charge < -0.3 is 4.42 Å². The smallest absolute Gasteiger partial charge is 0.143 e. The maximum atomic E-state index is 10.1. The van der Waals surface area contributed by atoms with E-state index in [1.165, 1.54) is 0 Å². The van der Waals surface area contributed by atoms with Crippen LogP contribution in [0.5, 0.6) is 0 Å². The predicted molar refractivity (Wildman–Crippen MR) is 210 cm³/mol. The van der Waals surface area contributed by atoms with E-state index in [2.05, 4.69) is 0 Å². The average Bonchev–Trinajstić information content (AvgIpc) is 3.89. The predicted octanol–water partition coefficient (Wildman–Crippen LogP) is 13.8. The molecule has 1 nitrogen and oxygen atoms in total. The molecule has 0 saturated carbocycles. The summed E-state index contributed by atoms with van der Waals surface area (Å²) in [6.45, 7) is 0. The topological polar surface area (TPSA) is 13.1 Å². The summed E-state index contributed by atoms with van der Waals surface area (Å²) in [7, 11) is 0. The molecule has 0 N–H and O–H groups in total. The Kier molecular flexibility index (Phi) is 2.32. The normalized spacial score (nSPS) is 20.1. The molecule has 1 aromatic heterocycles. The van der Waals surface area contributed by atoms with E-state index in [4.69, 9.17) is 29.1 Å². The van der Waals surface area contributed by atoms with Crippen LogP contribution in [0.2, 0.25) is 0 Å². The van der Waals surface area contributed by atoms with Crippen LogP contribution in [-0.2, 0) is 0 Å². The van der Waals surface area contributed by atoms with Gasteiger partial charge in [-0.3, -0.25) is 0 Å². The second kappa shape index (κ2) is 10.0. The third-order valence-electron chi connectivity index (χ3n) is 8.56. The molecule has 0 atom stereocenters. The van der Waals surface area contributed by atoms with Crippen molar-refractivity contribution in [1.29, 1.82) is 0 Å². The monoisotopic (exact) mass is 648 g/mol. The van der Waals surface area contributed by atoms with Crippen molar-refractivity contribution in [3.05, 3.63) is 169 Å². The lowest BCUT2D eigenvalue weighted by Gasteiger charge is -2.20. The highest BCUT2D eigenvalue weighted by Crippen LogP contribution is 2.49. The van der Waals surface area contributed by atoms with Gasteiger partial charge in [-0.25, -0.2) is 0 Å². The quantitative estimate of drug-likeness (QED) is 0.134. The van der Waals surface area contributed by atoms with Crippen molar-refractivity contribution in [3.8, 4) is 22.3 Å². The summed E-state index contributed by atoms with van der Waals surface area (Å²) in [6.07, 6.45) is 0. The zero-order valence-corrected chi connectivity index (χ0v) is 24.4. The summed E-state index contributed by atoms with van der Waals surface area (Å²) in [5.74, 6) is 0. The van der Waals surface area contributed by atoms with Crippen LogP contribution in [0.4, 0.5) is 0 Å². The van der Waals surface area contributed by atoms with Gasteiger partial charge in [-0.1, -0.05) is 151 Å². The summed E-state index contributed by atoms with van der Waals surface area (Å²) in [5, 5.41) is -8.69. The summed E-state index contributed by atoms with van der Waals surface area (Å²) < 4.78 is 262. The second-order valence-corrected chi connectivity index (χ2v) is 11.0. The minimum Gasteiger partial charge on any atom is -0.455 e. The highest BCUT2D eigenvalue weighted by Gasteiger charge is 2.22. The van der Waals surface area contributed by atoms with E-state index in [1.807, 2.05) is 0 Å². The van der Waals surface area contributed by atoms with Gasteiger partial charge in [-0.15, -0.1) is 0 Å². The first-order valence-corrected chi connectivity index (χ1v) is 14.7. The number of hydrogen-bond acceptors (Lipinski definition) is 1. The number of rotatable bonds is 2. The number of benzene rings is 10. The molecule has 0 aliphatic rings. The summed E-state index contributed by atoms with van der Waals surface area (Å²) in [4.78, 5) is 0. The molecule has 0 aliphatic carbocycles. The van der Waals surface area contributed by atoms with Crippen LogP contribution < -0.4 is 0 Å². The van der Waals surface area contributed by atoms with Crippen LogP contribution in [0.3, 0.4) is 0 Å². The van der Waals surface area contributed by atoms with Crippen LogP contribution in [0, 0.1) is 0 Å². The van der Waals surface area contributed by atoms with Crippen molar-refractivity contribution in [2.75, 3.05) is 0 Å². The lowest BCUT2D eigenvalue weighted by Crippen LogP contribution is -1.93. The van der Waals surface area contributed by atoms with E-state index in [-0.39, 0.29) is 0 Å². The molecule has 0 fully saturated rings. The van der Waals surface area contributed by atoms with Gasteiger partial charge in [0.2, 0.25) is 0 Å². The van der Waals surface area contributed by atoms with E-state index >= 15 is 0 Å². The molecule has 49 heavy (non-hydrogen) atoms. The first-order valence-electron chi connectivity index (χ1n) is 28.7. The molecule has 0 spiro atoms. The molecule has 1 heteroatoms. The molecule has 11 rings (SSSR count). The Bertz CT molecular complexity index is 4690. The van der Waals surface area contributed by atoms with E-state index in [9.17, 15) is 13.7 Å². The Morgan fingerprint density at radius 1 is 0.327 bits per heavy atom. The fraction of sp³-hybridized carbons (Fsp3) is 0. The Morgan fingerprint density at radius 3 is 1.53 bits per heavy atom. The lowest BCUT2D eigenvalue weighted by atomic mass is 9.83. The average molecular weight is 649 g/mol. The zero-order chi connectivity index (χ0) is 56.4. The van der Waals surface area contributed by atoms with E-state index < -0.39 is 278 Å². The fourth-order valence-electron chi connectivity index (χ4n) is 6.59. The summed E-state index contributed by atoms with van der Waals surface area (Å²) in [6, 6.07) is -25.6. The van der Waals surface area contributed by atoms with Gasteiger partial charge in [0, 0.05) is 16.2 Å². The van der Waals surface area contributed by atoms with Crippen LogP contribution >= 0.6 is 0 Å². The maximum absolute atomic E-state index is 10.1. The zero-order valence-electron chi connectivity index (χ0n) is 52.4. The molecule has 10 aromatic carbocycles. The molecule has 0 bridgehead atoms. The van der Waals surface area contributed by atoms with Crippen LogP contribution in [0.1, 0.15) is 38.4 Å². The molecule has 0 amide bonds. The number of fused-ring (bicyclic) bond motifs is 12. The van der Waals surface area contributed by atoms with Crippen molar-refractivity contribution in [2.45, 2.75) is 0 Å². The van der Waals surface area contributed by atoms with Gasteiger partial charge in [0.25, 0.3) is 0 Å². The molecule has 11 aromatic rings. The Balaban J connectivity index is 1.53. The Morgan fingerprint density at radius 2 is 0.837 bits per heavy atom. The molecule has 0 saturated heterocycles. The number of hydrogen-bond donors (Lipinski definition) is 0. The van der Waals surface area contributed by atoms with Gasteiger partial charge in [0.05, 0.1) is 38.4 Å². The second-order valence-electron chi connectivity index (χ2n) is 11.0. The summed E-state index contributed by atoms with van der Waals surface area (Å²) >= 11 is 0. The third-order valence-corrected chi connectivity index (χ3v) is 8.56. The molecule has 0 aliphatic heterocycles. The highest BCUT2D eigenvalue weighted by atomic mass is 16.3. The van der Waals surface area contributed by atoms with Crippen molar-refractivity contribution in [3.63, 3.8) is 0 Å². The van der Waals surface area contributed by atoms with Gasteiger partial charge in [-0.2, -0.15) is 0 Å². The Hall–Kier alpha value is -6.44. The van der Waals surface area contributed by atoms with Crippen LogP contribution in [0.25, 0.3) is 109 Å². The first kappa shape index (κ1) is 11.3. The van der Waals surface area contributed by atoms with Gasteiger partial charge in [-0.05, 0) is 99.6 Å².